The number of benzene rings is 2. The third-order valence-corrected chi connectivity index (χ3v) is 7.69. The summed E-state index contributed by atoms with van der Waals surface area (Å²) in [4.78, 5) is 47.0. The molecule has 0 radical (unpaired) electrons. The van der Waals surface area contributed by atoms with E-state index in [1.807, 2.05) is 55.5 Å². The van der Waals surface area contributed by atoms with Crippen LogP contribution in [0.1, 0.15) is 68.6 Å². The highest BCUT2D eigenvalue weighted by Crippen LogP contribution is 2.31. The Labute approximate surface area is 315 Å². The Morgan fingerprint density at radius 3 is 2.30 bits per heavy atom. The molecule has 0 aliphatic rings. The van der Waals surface area contributed by atoms with Crippen LogP contribution >= 0.6 is 11.6 Å². The maximum absolute atomic E-state index is 13.2. The summed E-state index contributed by atoms with van der Waals surface area (Å²) in [5, 5.41) is 29.1. The average Bonchev–Trinajstić information content (AvgIpc) is 3.75. The molecule has 292 valence electrons. The van der Waals surface area contributed by atoms with Crippen molar-refractivity contribution in [3.63, 3.8) is 0 Å². The molecular formula is C34H42ClN7O12. The second-order valence-corrected chi connectivity index (χ2v) is 11.7. The van der Waals surface area contributed by atoms with Gasteiger partial charge in [0, 0.05) is 25.5 Å². The molecule has 0 bridgehead atoms. The van der Waals surface area contributed by atoms with Crippen LogP contribution in [0, 0.1) is 0 Å². The number of tetrazole rings is 1. The molecule has 2 aromatic carbocycles. The van der Waals surface area contributed by atoms with Crippen molar-refractivity contribution in [3.05, 3.63) is 70.8 Å². The number of carbonyl (C=O) groups is 3. The van der Waals surface area contributed by atoms with Crippen molar-refractivity contribution >= 4 is 29.9 Å². The Morgan fingerprint density at radius 2 is 1.59 bits per heavy atom. The van der Waals surface area contributed by atoms with Crippen molar-refractivity contribution in [2.75, 3.05) is 33.0 Å². The lowest BCUT2D eigenvalue weighted by atomic mass is 9.98. The van der Waals surface area contributed by atoms with Crippen molar-refractivity contribution in [1.29, 1.82) is 0 Å². The standard InChI is InChI=1S/C34H42ClN7O12/c1-5-7-12-28-36-30(35)29(32(43)53-23(4)54-33(44)49-6-2)40(28)21-24-13-15-25(16-14-24)26-10-8-9-11-27(26)31-37-39-41(38-31)22(3)52-34(45)50-19-17-48-18-20-51-42(46)47/h8-11,13-16,22-23,46-47H,5-7,12,17-21H2,1-4H3. The summed E-state index contributed by atoms with van der Waals surface area (Å²) in [6, 6.07) is 15.1. The van der Waals surface area contributed by atoms with Crippen molar-refractivity contribution in [3.8, 4) is 22.5 Å². The van der Waals surface area contributed by atoms with Gasteiger partial charge >= 0.3 is 18.3 Å². The molecule has 2 N–H and O–H groups in total. The van der Waals surface area contributed by atoms with E-state index in [2.05, 4.69) is 25.2 Å². The molecule has 2 unspecified atom stereocenters. The largest absolute Gasteiger partial charge is 0.511 e. The van der Waals surface area contributed by atoms with Crippen LogP contribution in [0.15, 0.2) is 48.5 Å². The van der Waals surface area contributed by atoms with Gasteiger partial charge in [-0.15, -0.1) is 15.0 Å². The minimum Gasteiger partial charge on any atom is -0.435 e. The van der Waals surface area contributed by atoms with Crippen LogP contribution in [0.5, 0.6) is 0 Å². The zero-order chi connectivity index (χ0) is 39.0. The fourth-order valence-electron chi connectivity index (χ4n) is 4.95. The highest BCUT2D eigenvalue weighted by molar-refractivity contribution is 6.32. The fourth-order valence-corrected chi connectivity index (χ4v) is 5.23. The van der Waals surface area contributed by atoms with Gasteiger partial charge in [0.25, 0.3) is 0 Å². The smallest absolute Gasteiger partial charge is 0.435 e. The van der Waals surface area contributed by atoms with E-state index in [1.54, 1.807) is 18.4 Å². The van der Waals surface area contributed by atoms with Crippen LogP contribution < -0.4 is 0 Å². The van der Waals surface area contributed by atoms with Gasteiger partial charge in [-0.2, -0.15) is 0 Å². The van der Waals surface area contributed by atoms with Gasteiger partial charge in [-0.25, -0.2) is 24.2 Å². The van der Waals surface area contributed by atoms with Crippen molar-refractivity contribution in [1.82, 2.24) is 35.1 Å². The first-order valence-electron chi connectivity index (χ1n) is 17.0. The Bertz CT molecular complexity index is 1820. The van der Waals surface area contributed by atoms with Gasteiger partial charge in [0.15, 0.2) is 10.8 Å². The lowest BCUT2D eigenvalue weighted by molar-refractivity contribution is -0.493. The molecule has 0 aliphatic heterocycles. The number of esters is 1. The summed E-state index contributed by atoms with van der Waals surface area (Å²) in [5.41, 5.74) is 3.20. The Balaban J connectivity index is 1.44. The van der Waals surface area contributed by atoms with Crippen molar-refractivity contribution in [2.45, 2.75) is 66.0 Å². The van der Waals surface area contributed by atoms with Crippen LogP contribution in [0.4, 0.5) is 9.59 Å². The predicted molar refractivity (Wildman–Crippen MR) is 186 cm³/mol. The zero-order valence-electron chi connectivity index (χ0n) is 30.1. The van der Waals surface area contributed by atoms with E-state index in [0.29, 0.717) is 17.8 Å². The summed E-state index contributed by atoms with van der Waals surface area (Å²) < 4.78 is 32.1. The van der Waals surface area contributed by atoms with Crippen molar-refractivity contribution < 1.29 is 58.1 Å². The molecule has 2 heterocycles. The minimum atomic E-state index is -1.23. The Morgan fingerprint density at radius 1 is 0.889 bits per heavy atom. The van der Waals surface area contributed by atoms with E-state index in [1.165, 1.54) is 6.92 Å². The van der Waals surface area contributed by atoms with Crippen molar-refractivity contribution in [2.24, 2.45) is 0 Å². The number of carbonyl (C=O) groups excluding carboxylic acids is 3. The normalized spacial score (nSPS) is 12.3. The van der Waals surface area contributed by atoms with Crippen LogP contribution in [-0.4, -0.2) is 103 Å². The number of ether oxygens (including phenoxy) is 6. The molecule has 2 atom stereocenters. The van der Waals surface area contributed by atoms with Gasteiger partial charge in [0.2, 0.25) is 18.3 Å². The van der Waals surface area contributed by atoms with Gasteiger partial charge in [0.1, 0.15) is 12.4 Å². The second-order valence-electron chi connectivity index (χ2n) is 11.3. The van der Waals surface area contributed by atoms with E-state index in [-0.39, 0.29) is 56.3 Å². The summed E-state index contributed by atoms with van der Waals surface area (Å²) in [6.07, 6.45) is -1.82. The lowest BCUT2D eigenvalue weighted by Gasteiger charge is -2.16. The molecule has 0 fully saturated rings. The maximum Gasteiger partial charge on any atom is 0.511 e. The van der Waals surface area contributed by atoms with E-state index < -0.39 is 36.2 Å². The summed E-state index contributed by atoms with van der Waals surface area (Å²) >= 11 is 6.47. The molecule has 0 spiro atoms. The molecular weight excluding hydrogens is 734 g/mol. The fraction of sp³-hybridized carbons (Fsp3) is 0.441. The topological polar surface area (TPSA) is 221 Å². The molecule has 2 aromatic heterocycles. The lowest BCUT2D eigenvalue weighted by Crippen LogP contribution is -2.24. The quantitative estimate of drug-likeness (QED) is 0.0365. The van der Waals surface area contributed by atoms with Crippen LogP contribution in [0.25, 0.3) is 22.5 Å². The monoisotopic (exact) mass is 775 g/mol. The van der Waals surface area contributed by atoms with E-state index >= 15 is 0 Å². The SMILES string of the molecule is CCCCc1nc(Cl)c(C(=O)OC(C)OC(=O)OCC)n1Cc1ccc(-c2ccccc2-c2nnn(C(C)OC(=O)OCCOCCON(O)O)n2)cc1. The second kappa shape index (κ2) is 20.9. The Hall–Kier alpha value is -5.18. The van der Waals surface area contributed by atoms with Gasteiger partial charge in [-0.05, 0) is 42.2 Å². The summed E-state index contributed by atoms with van der Waals surface area (Å²) in [6.45, 7) is 6.79. The predicted octanol–water partition coefficient (Wildman–Crippen LogP) is 5.62. The Kier molecular flexibility index (Phi) is 16.1. The summed E-state index contributed by atoms with van der Waals surface area (Å²) in [7, 11) is 0. The first-order valence-corrected chi connectivity index (χ1v) is 17.4. The number of nitrogens with zero attached hydrogens (tertiary/aromatic N) is 7. The minimum absolute atomic E-state index is 0.0227. The molecule has 4 aromatic rings. The number of aryl methyl sites for hydroxylation is 1. The average molecular weight is 776 g/mol. The molecule has 0 saturated heterocycles. The molecule has 0 amide bonds. The van der Waals surface area contributed by atoms with Gasteiger partial charge in [0.05, 0.1) is 31.8 Å². The van der Waals surface area contributed by atoms with E-state index in [0.717, 1.165) is 34.3 Å². The van der Waals surface area contributed by atoms with E-state index in [4.69, 9.17) is 50.4 Å². The van der Waals surface area contributed by atoms with Crippen LogP contribution in [-0.2, 0) is 46.2 Å². The molecule has 19 nitrogen and oxygen atoms in total. The number of rotatable bonds is 20. The number of halogens is 1. The molecule has 0 saturated carbocycles. The van der Waals surface area contributed by atoms with Crippen LogP contribution in [0.3, 0.4) is 0 Å². The summed E-state index contributed by atoms with van der Waals surface area (Å²) in [5.74, 6) is 0.0954. The first-order chi connectivity index (χ1) is 26.0. The zero-order valence-corrected chi connectivity index (χ0v) is 30.9. The number of hydrogen-bond acceptors (Lipinski definition) is 17. The van der Waals surface area contributed by atoms with Gasteiger partial charge < -0.3 is 33.0 Å². The highest BCUT2D eigenvalue weighted by Gasteiger charge is 2.26. The molecule has 0 aliphatic carbocycles. The third-order valence-electron chi connectivity index (χ3n) is 7.42. The molecule has 54 heavy (non-hydrogen) atoms. The molecule has 4 rings (SSSR count). The van der Waals surface area contributed by atoms with Gasteiger partial charge in [-0.3, -0.25) is 10.4 Å². The number of hydrogen-bond donors (Lipinski definition) is 2. The number of aromatic nitrogens is 6. The maximum atomic E-state index is 13.2. The van der Waals surface area contributed by atoms with E-state index in [9.17, 15) is 14.4 Å². The number of unbranched alkanes of at least 4 members (excludes halogenated alkanes) is 1. The van der Waals surface area contributed by atoms with Gasteiger partial charge in [-0.1, -0.05) is 73.5 Å². The van der Waals surface area contributed by atoms with Crippen LogP contribution in [0.2, 0.25) is 5.15 Å². The third kappa shape index (κ3) is 12.2. The highest BCUT2D eigenvalue weighted by atomic mass is 35.5. The first kappa shape index (κ1) is 41.6. The molecule has 20 heteroatoms. The number of imidazole rings is 1.